The number of hydrogen-bond donors (Lipinski definition) is 1. The first-order valence-corrected chi connectivity index (χ1v) is 7.37. The third-order valence-corrected chi connectivity index (χ3v) is 3.64. The van der Waals surface area contributed by atoms with Gasteiger partial charge in [-0.3, -0.25) is 4.79 Å². The summed E-state index contributed by atoms with van der Waals surface area (Å²) in [6.07, 6.45) is -5.07. The van der Waals surface area contributed by atoms with E-state index in [9.17, 15) is 26.4 Å². The molecule has 0 bridgehead atoms. The van der Waals surface area contributed by atoms with Crippen LogP contribution in [0.4, 0.5) is 13.2 Å². The Bertz CT molecular complexity index is 611. The van der Waals surface area contributed by atoms with Gasteiger partial charge in [0.2, 0.25) is 10.0 Å². The topological polar surface area (TPSA) is 72.5 Å². The summed E-state index contributed by atoms with van der Waals surface area (Å²) in [6, 6.07) is 3.23. The van der Waals surface area contributed by atoms with Crippen LogP contribution in [0.15, 0.2) is 29.2 Å². The number of sulfonamides is 1. The zero-order valence-electron chi connectivity index (χ0n) is 11.3. The Hall–Kier alpha value is -1.61. The maximum absolute atomic E-state index is 12.5. The Morgan fingerprint density at radius 2 is 1.95 bits per heavy atom. The van der Waals surface area contributed by atoms with Gasteiger partial charge in [-0.2, -0.15) is 17.9 Å². The molecular formula is C12H14F3NO4S. The molecule has 0 aliphatic carbocycles. The van der Waals surface area contributed by atoms with Crippen molar-refractivity contribution in [1.82, 2.24) is 4.72 Å². The van der Waals surface area contributed by atoms with Gasteiger partial charge in [-0.1, -0.05) is 6.07 Å². The summed E-state index contributed by atoms with van der Waals surface area (Å²) in [5.74, 6) is -0.819. The van der Waals surface area contributed by atoms with Crippen LogP contribution in [-0.4, -0.2) is 27.0 Å². The van der Waals surface area contributed by atoms with E-state index in [-0.39, 0.29) is 0 Å². The molecule has 0 atom stereocenters. The number of ether oxygens (including phenoxy) is 1. The molecule has 0 fully saturated rings. The van der Waals surface area contributed by atoms with E-state index in [0.717, 1.165) is 18.2 Å². The molecule has 1 aromatic carbocycles. The van der Waals surface area contributed by atoms with Crippen LogP contribution in [0.5, 0.6) is 0 Å². The monoisotopic (exact) mass is 325 g/mol. The van der Waals surface area contributed by atoms with Crippen LogP contribution in [0.3, 0.4) is 0 Å². The minimum Gasteiger partial charge on any atom is -0.462 e. The van der Waals surface area contributed by atoms with Gasteiger partial charge in [0.25, 0.3) is 0 Å². The first-order valence-electron chi connectivity index (χ1n) is 5.89. The van der Waals surface area contributed by atoms with E-state index in [1.54, 1.807) is 13.8 Å². The van der Waals surface area contributed by atoms with Crippen molar-refractivity contribution in [2.24, 2.45) is 0 Å². The molecule has 118 valence electrons. The van der Waals surface area contributed by atoms with Crippen molar-refractivity contribution in [2.75, 3.05) is 6.54 Å². The van der Waals surface area contributed by atoms with Crippen molar-refractivity contribution in [3.8, 4) is 0 Å². The summed E-state index contributed by atoms with van der Waals surface area (Å²) >= 11 is 0. The van der Waals surface area contributed by atoms with Gasteiger partial charge in [-0.15, -0.1) is 0 Å². The number of benzene rings is 1. The molecule has 0 spiro atoms. The predicted molar refractivity (Wildman–Crippen MR) is 67.9 cm³/mol. The average molecular weight is 325 g/mol. The van der Waals surface area contributed by atoms with E-state index in [2.05, 4.69) is 0 Å². The van der Waals surface area contributed by atoms with E-state index in [4.69, 9.17) is 4.74 Å². The number of hydrogen-bond acceptors (Lipinski definition) is 4. The lowest BCUT2D eigenvalue weighted by Crippen LogP contribution is -2.31. The molecule has 0 heterocycles. The fraction of sp³-hybridized carbons (Fsp3) is 0.417. The quantitative estimate of drug-likeness (QED) is 0.840. The van der Waals surface area contributed by atoms with E-state index in [0.29, 0.717) is 6.07 Å². The summed E-state index contributed by atoms with van der Waals surface area (Å²) in [4.78, 5) is 10.7. The molecule has 1 aromatic rings. The highest BCUT2D eigenvalue weighted by atomic mass is 32.2. The minimum atomic E-state index is -4.65. The SMILES string of the molecule is CC(C)OC(=O)CNS(=O)(=O)c1cccc(C(F)(F)F)c1. The number of halogens is 3. The number of alkyl halides is 3. The smallest absolute Gasteiger partial charge is 0.416 e. The van der Waals surface area contributed by atoms with Gasteiger partial charge in [-0.25, -0.2) is 8.42 Å². The zero-order chi connectivity index (χ0) is 16.3. The van der Waals surface area contributed by atoms with Crippen LogP contribution < -0.4 is 4.72 Å². The van der Waals surface area contributed by atoms with Crippen molar-refractivity contribution in [3.63, 3.8) is 0 Å². The van der Waals surface area contributed by atoms with Crippen LogP contribution in [-0.2, 0) is 25.7 Å². The van der Waals surface area contributed by atoms with Crippen molar-refractivity contribution >= 4 is 16.0 Å². The number of carbonyl (C=O) groups is 1. The molecule has 0 aliphatic heterocycles. The lowest BCUT2D eigenvalue weighted by atomic mass is 10.2. The second-order valence-electron chi connectivity index (χ2n) is 4.39. The summed E-state index contributed by atoms with van der Waals surface area (Å²) < 4.78 is 67.8. The van der Waals surface area contributed by atoms with E-state index in [1.807, 2.05) is 4.72 Å². The van der Waals surface area contributed by atoms with E-state index >= 15 is 0 Å². The Kier molecular flexibility index (Phi) is 5.35. The maximum atomic E-state index is 12.5. The molecule has 0 amide bonds. The average Bonchev–Trinajstić information content (AvgIpc) is 2.35. The van der Waals surface area contributed by atoms with E-state index in [1.165, 1.54) is 0 Å². The van der Waals surface area contributed by atoms with Crippen molar-refractivity contribution in [1.29, 1.82) is 0 Å². The van der Waals surface area contributed by atoms with Crippen molar-refractivity contribution in [2.45, 2.75) is 31.0 Å². The molecule has 1 N–H and O–H groups in total. The molecular weight excluding hydrogens is 311 g/mol. The van der Waals surface area contributed by atoms with Crippen molar-refractivity contribution in [3.05, 3.63) is 29.8 Å². The molecule has 0 radical (unpaired) electrons. The fourth-order valence-corrected chi connectivity index (χ4v) is 2.40. The Morgan fingerprint density at radius 1 is 1.33 bits per heavy atom. The molecule has 5 nitrogen and oxygen atoms in total. The van der Waals surface area contributed by atoms with Gasteiger partial charge in [-0.05, 0) is 32.0 Å². The van der Waals surface area contributed by atoms with E-state index < -0.39 is 45.3 Å². The van der Waals surface area contributed by atoms with Gasteiger partial charge in [0, 0.05) is 0 Å². The molecule has 0 unspecified atom stereocenters. The van der Waals surface area contributed by atoms with Gasteiger partial charge in [0.05, 0.1) is 16.6 Å². The summed E-state index contributed by atoms with van der Waals surface area (Å²) in [5.41, 5.74) is -1.09. The van der Waals surface area contributed by atoms with Crippen LogP contribution in [0.1, 0.15) is 19.4 Å². The van der Waals surface area contributed by atoms with Crippen LogP contribution in [0.25, 0.3) is 0 Å². The zero-order valence-corrected chi connectivity index (χ0v) is 12.1. The Labute approximate surface area is 120 Å². The third kappa shape index (κ3) is 5.35. The van der Waals surface area contributed by atoms with Crippen molar-refractivity contribution < 1.29 is 31.1 Å². The minimum absolute atomic E-state index is 0.421. The normalized spacial score (nSPS) is 12.5. The highest BCUT2D eigenvalue weighted by Gasteiger charge is 2.31. The number of rotatable bonds is 5. The molecule has 0 aliphatic rings. The highest BCUT2D eigenvalue weighted by Crippen LogP contribution is 2.30. The van der Waals surface area contributed by atoms with Gasteiger partial charge in [0.15, 0.2) is 0 Å². The van der Waals surface area contributed by atoms with Gasteiger partial charge in [0.1, 0.15) is 6.54 Å². The van der Waals surface area contributed by atoms with Gasteiger partial charge >= 0.3 is 12.1 Å². The van der Waals surface area contributed by atoms with Crippen LogP contribution >= 0.6 is 0 Å². The fourth-order valence-electron chi connectivity index (χ4n) is 1.38. The van der Waals surface area contributed by atoms with Crippen LogP contribution in [0.2, 0.25) is 0 Å². The first-order chi connectivity index (χ1) is 9.52. The highest BCUT2D eigenvalue weighted by molar-refractivity contribution is 7.89. The Morgan fingerprint density at radius 3 is 2.48 bits per heavy atom. The van der Waals surface area contributed by atoms with Crippen LogP contribution in [0, 0.1) is 0 Å². The maximum Gasteiger partial charge on any atom is 0.416 e. The molecule has 0 saturated carbocycles. The summed E-state index contributed by atoms with van der Waals surface area (Å²) in [6.45, 7) is 2.51. The van der Waals surface area contributed by atoms with Gasteiger partial charge < -0.3 is 4.74 Å². The summed E-state index contributed by atoms with van der Waals surface area (Å²) in [5, 5.41) is 0. The molecule has 0 saturated heterocycles. The number of nitrogens with one attached hydrogen (secondary N) is 1. The molecule has 9 heteroatoms. The first kappa shape index (κ1) is 17.4. The number of esters is 1. The standard InChI is InChI=1S/C12H14F3NO4S/c1-8(2)20-11(17)7-16-21(18,19)10-5-3-4-9(6-10)12(13,14)15/h3-6,8,16H,7H2,1-2H3. The Balaban J connectivity index is 2.86. The molecule has 21 heavy (non-hydrogen) atoms. The second kappa shape index (κ2) is 6.44. The third-order valence-electron chi connectivity index (χ3n) is 2.25. The lowest BCUT2D eigenvalue weighted by Gasteiger charge is -2.11. The largest absolute Gasteiger partial charge is 0.462 e. The second-order valence-corrected chi connectivity index (χ2v) is 6.16. The lowest BCUT2D eigenvalue weighted by molar-refractivity contribution is -0.145. The summed E-state index contributed by atoms with van der Waals surface area (Å²) in [7, 11) is -4.22. The number of carbonyl (C=O) groups excluding carboxylic acids is 1. The molecule has 0 aromatic heterocycles. The molecule has 1 rings (SSSR count). The predicted octanol–water partition coefficient (Wildman–Crippen LogP) is 1.94.